The Morgan fingerprint density at radius 3 is 2.39 bits per heavy atom. The molecule has 0 aliphatic rings. The number of anilines is 1. The Labute approximate surface area is 111 Å². The van der Waals surface area contributed by atoms with Gasteiger partial charge in [-0.15, -0.1) is 0 Å². The Hall–Kier alpha value is -2.08. The second-order valence-electron chi connectivity index (χ2n) is 3.55. The van der Waals surface area contributed by atoms with Crippen LogP contribution in [0.3, 0.4) is 0 Å². The summed E-state index contributed by atoms with van der Waals surface area (Å²) < 4.78 is 0.801. The molecule has 2 aromatic rings. The third-order valence-electron chi connectivity index (χ3n) is 2.13. The molecule has 18 heavy (non-hydrogen) atoms. The summed E-state index contributed by atoms with van der Waals surface area (Å²) in [4.78, 5) is 15.8. The van der Waals surface area contributed by atoms with Crippen LogP contribution >= 0.6 is 15.9 Å². The number of aromatic hydroxyl groups is 2. The summed E-state index contributed by atoms with van der Waals surface area (Å²) in [6.07, 6.45) is 1.55. The lowest BCUT2D eigenvalue weighted by Crippen LogP contribution is -2.12. The molecule has 0 unspecified atom stereocenters. The molecule has 1 aromatic heterocycles. The normalized spacial score (nSPS) is 10.1. The molecule has 0 radical (unpaired) electrons. The molecule has 0 spiro atoms. The first-order chi connectivity index (χ1) is 8.54. The molecule has 3 N–H and O–H groups in total. The summed E-state index contributed by atoms with van der Waals surface area (Å²) in [5.74, 6) is -0.435. The van der Waals surface area contributed by atoms with E-state index in [1.165, 1.54) is 12.1 Å². The van der Waals surface area contributed by atoms with Gasteiger partial charge in [-0.3, -0.25) is 4.79 Å². The Morgan fingerprint density at radius 2 is 1.83 bits per heavy atom. The molecule has 0 saturated carbocycles. The largest absolute Gasteiger partial charge is 0.508 e. The molecule has 6 heteroatoms. The van der Waals surface area contributed by atoms with Crippen molar-refractivity contribution in [3.8, 4) is 11.5 Å². The number of amides is 1. The smallest absolute Gasteiger partial charge is 0.257 e. The maximum absolute atomic E-state index is 11.8. The van der Waals surface area contributed by atoms with Crippen LogP contribution < -0.4 is 5.32 Å². The van der Waals surface area contributed by atoms with Crippen molar-refractivity contribution >= 4 is 27.7 Å². The number of pyridine rings is 1. The molecule has 0 bridgehead atoms. The van der Waals surface area contributed by atoms with Gasteiger partial charge in [0.25, 0.3) is 5.91 Å². The molecular weight excluding hydrogens is 300 g/mol. The average Bonchev–Trinajstić information content (AvgIpc) is 2.31. The highest BCUT2D eigenvalue weighted by Crippen LogP contribution is 2.21. The molecule has 92 valence electrons. The van der Waals surface area contributed by atoms with E-state index in [0.29, 0.717) is 5.82 Å². The Kier molecular flexibility index (Phi) is 3.47. The second kappa shape index (κ2) is 5.05. The van der Waals surface area contributed by atoms with Crippen molar-refractivity contribution in [2.45, 2.75) is 0 Å². The van der Waals surface area contributed by atoms with E-state index in [1.807, 2.05) is 0 Å². The van der Waals surface area contributed by atoms with Crippen LogP contribution in [0.5, 0.6) is 11.5 Å². The number of nitrogens with zero attached hydrogens (tertiary/aromatic N) is 1. The van der Waals surface area contributed by atoms with Crippen LogP contribution in [0.1, 0.15) is 10.4 Å². The van der Waals surface area contributed by atoms with Crippen molar-refractivity contribution in [2.24, 2.45) is 0 Å². The van der Waals surface area contributed by atoms with E-state index in [0.717, 1.165) is 10.5 Å². The number of aromatic nitrogens is 1. The van der Waals surface area contributed by atoms with Crippen molar-refractivity contribution in [1.29, 1.82) is 0 Å². The number of halogens is 1. The number of hydrogen-bond donors (Lipinski definition) is 3. The third kappa shape index (κ3) is 2.98. The zero-order valence-electron chi connectivity index (χ0n) is 9.09. The molecule has 0 atom stereocenters. The van der Waals surface area contributed by atoms with Crippen molar-refractivity contribution < 1.29 is 15.0 Å². The van der Waals surface area contributed by atoms with Crippen molar-refractivity contribution in [1.82, 2.24) is 4.98 Å². The number of hydrogen-bond acceptors (Lipinski definition) is 4. The van der Waals surface area contributed by atoms with Gasteiger partial charge in [-0.2, -0.15) is 0 Å². The van der Waals surface area contributed by atoms with E-state index in [9.17, 15) is 15.0 Å². The van der Waals surface area contributed by atoms with E-state index in [2.05, 4.69) is 26.2 Å². The number of carbonyl (C=O) groups excluding carboxylic acids is 1. The van der Waals surface area contributed by atoms with Crippen LogP contribution in [0.2, 0.25) is 0 Å². The molecule has 0 aliphatic carbocycles. The van der Waals surface area contributed by atoms with Crippen LogP contribution in [0, 0.1) is 0 Å². The number of phenolic OH excluding ortho intramolecular Hbond substituents is 2. The molecule has 0 aliphatic heterocycles. The van der Waals surface area contributed by atoms with Gasteiger partial charge in [-0.25, -0.2) is 4.98 Å². The maximum Gasteiger partial charge on any atom is 0.257 e. The average molecular weight is 309 g/mol. The molecule has 1 heterocycles. The lowest BCUT2D eigenvalue weighted by molar-refractivity contribution is 0.102. The first-order valence-electron chi connectivity index (χ1n) is 5.00. The lowest BCUT2D eigenvalue weighted by Gasteiger charge is -2.05. The minimum Gasteiger partial charge on any atom is -0.508 e. The molecule has 0 saturated heterocycles. The van der Waals surface area contributed by atoms with Crippen LogP contribution in [-0.4, -0.2) is 21.1 Å². The molecule has 1 amide bonds. The number of phenols is 2. The first kappa shape index (κ1) is 12.4. The van der Waals surface area contributed by atoms with Gasteiger partial charge in [0.1, 0.15) is 17.3 Å². The highest BCUT2D eigenvalue weighted by Gasteiger charge is 2.09. The number of nitrogens with one attached hydrogen (secondary N) is 1. The molecular formula is C12H9BrN2O3. The summed E-state index contributed by atoms with van der Waals surface area (Å²) in [5, 5.41) is 21.1. The van der Waals surface area contributed by atoms with Crippen molar-refractivity contribution in [3.05, 3.63) is 46.6 Å². The SMILES string of the molecule is O=C(Nc1ccc(Br)cn1)c1cc(O)cc(O)c1. The lowest BCUT2D eigenvalue weighted by atomic mass is 10.2. The number of rotatable bonds is 2. The molecule has 0 fully saturated rings. The van der Waals surface area contributed by atoms with Gasteiger partial charge in [0, 0.05) is 22.3 Å². The quantitative estimate of drug-likeness (QED) is 0.796. The van der Waals surface area contributed by atoms with Gasteiger partial charge in [-0.05, 0) is 40.2 Å². The Morgan fingerprint density at radius 1 is 1.17 bits per heavy atom. The Bertz CT molecular complexity index is 564. The van der Waals surface area contributed by atoms with Crippen molar-refractivity contribution in [3.63, 3.8) is 0 Å². The fourth-order valence-corrected chi connectivity index (χ4v) is 1.60. The van der Waals surface area contributed by atoms with Gasteiger partial charge in [-0.1, -0.05) is 0 Å². The van der Waals surface area contributed by atoms with E-state index >= 15 is 0 Å². The van der Waals surface area contributed by atoms with Gasteiger partial charge in [0.05, 0.1) is 0 Å². The fourth-order valence-electron chi connectivity index (χ4n) is 1.36. The highest BCUT2D eigenvalue weighted by atomic mass is 79.9. The van der Waals surface area contributed by atoms with Crippen LogP contribution in [0.15, 0.2) is 41.0 Å². The van der Waals surface area contributed by atoms with Gasteiger partial charge >= 0.3 is 0 Å². The maximum atomic E-state index is 11.8. The topological polar surface area (TPSA) is 82.5 Å². The summed E-state index contributed by atoms with van der Waals surface area (Å²) in [6.45, 7) is 0. The zero-order valence-corrected chi connectivity index (χ0v) is 10.7. The first-order valence-corrected chi connectivity index (χ1v) is 5.80. The third-order valence-corrected chi connectivity index (χ3v) is 2.60. The number of benzene rings is 1. The van der Waals surface area contributed by atoms with Crippen LogP contribution in [-0.2, 0) is 0 Å². The minimum absolute atomic E-state index is 0.150. The van der Waals surface area contributed by atoms with Crippen LogP contribution in [0.4, 0.5) is 5.82 Å². The summed E-state index contributed by atoms with van der Waals surface area (Å²) in [6, 6.07) is 7.03. The summed E-state index contributed by atoms with van der Waals surface area (Å²) >= 11 is 3.23. The monoisotopic (exact) mass is 308 g/mol. The van der Waals surface area contributed by atoms with E-state index in [4.69, 9.17) is 0 Å². The highest BCUT2D eigenvalue weighted by molar-refractivity contribution is 9.10. The summed E-state index contributed by atoms with van der Waals surface area (Å²) in [5.41, 5.74) is 0.150. The molecule has 2 rings (SSSR count). The predicted octanol–water partition coefficient (Wildman–Crippen LogP) is 2.51. The van der Waals surface area contributed by atoms with E-state index in [1.54, 1.807) is 18.3 Å². The standard InChI is InChI=1S/C12H9BrN2O3/c13-8-1-2-11(14-6-8)15-12(18)7-3-9(16)5-10(17)4-7/h1-6,16-17H,(H,14,15,18). The van der Waals surface area contributed by atoms with Crippen molar-refractivity contribution in [2.75, 3.05) is 5.32 Å². The number of carbonyl (C=O) groups is 1. The molecule has 1 aromatic carbocycles. The second-order valence-corrected chi connectivity index (χ2v) is 4.47. The Balaban J connectivity index is 2.19. The minimum atomic E-state index is -0.462. The van der Waals surface area contributed by atoms with Gasteiger partial charge in [0.2, 0.25) is 0 Å². The predicted molar refractivity (Wildman–Crippen MR) is 69.7 cm³/mol. The zero-order chi connectivity index (χ0) is 13.1. The van der Waals surface area contributed by atoms with E-state index in [-0.39, 0.29) is 17.1 Å². The van der Waals surface area contributed by atoms with Gasteiger partial charge < -0.3 is 15.5 Å². The van der Waals surface area contributed by atoms with Gasteiger partial charge in [0.15, 0.2) is 0 Å². The fraction of sp³-hybridized carbons (Fsp3) is 0. The van der Waals surface area contributed by atoms with E-state index < -0.39 is 5.91 Å². The van der Waals surface area contributed by atoms with Crippen LogP contribution in [0.25, 0.3) is 0 Å². The molecule has 5 nitrogen and oxygen atoms in total. The summed E-state index contributed by atoms with van der Waals surface area (Å²) in [7, 11) is 0.